The molecule has 4 aromatic heterocycles. The number of amides is 2. The van der Waals surface area contributed by atoms with E-state index in [-0.39, 0.29) is 30.0 Å². The standard InChI is InChI=1S/C23H26N8O3/c1-14-10-26-16-7-6-15(11-31(14)16)17-18(21-25-8-9-34-21)27-19(24)20(28-17)30(13-32)12-23(2,3)22(33)29(4)5/h6-11,13H,12H2,1-5H3,(H2,24,27). The van der Waals surface area contributed by atoms with Crippen LogP contribution < -0.4 is 10.6 Å². The lowest BCUT2D eigenvalue weighted by Gasteiger charge is -2.31. The molecule has 0 bridgehead atoms. The number of oxazole rings is 1. The lowest BCUT2D eigenvalue weighted by molar-refractivity contribution is -0.137. The van der Waals surface area contributed by atoms with Crippen molar-refractivity contribution in [3.63, 3.8) is 0 Å². The summed E-state index contributed by atoms with van der Waals surface area (Å²) >= 11 is 0. The van der Waals surface area contributed by atoms with Crippen LogP contribution in [0.15, 0.2) is 41.4 Å². The van der Waals surface area contributed by atoms with Gasteiger partial charge in [-0.3, -0.25) is 14.5 Å². The largest absolute Gasteiger partial charge is 0.443 e. The molecular weight excluding hydrogens is 436 g/mol. The first-order chi connectivity index (χ1) is 16.1. The van der Waals surface area contributed by atoms with Crippen molar-refractivity contribution in [3.05, 3.63) is 42.7 Å². The van der Waals surface area contributed by atoms with Gasteiger partial charge in [0.25, 0.3) is 0 Å². The highest BCUT2D eigenvalue weighted by atomic mass is 16.3. The predicted molar refractivity (Wildman–Crippen MR) is 127 cm³/mol. The normalized spacial score (nSPS) is 11.6. The van der Waals surface area contributed by atoms with Gasteiger partial charge in [0, 0.05) is 44.3 Å². The highest BCUT2D eigenvalue weighted by Crippen LogP contribution is 2.34. The zero-order valence-electron chi connectivity index (χ0n) is 19.7. The fourth-order valence-electron chi connectivity index (χ4n) is 3.84. The van der Waals surface area contributed by atoms with E-state index in [2.05, 4.69) is 15.0 Å². The van der Waals surface area contributed by atoms with Crippen LogP contribution in [0.25, 0.3) is 28.5 Å². The Morgan fingerprint density at radius 1 is 1.21 bits per heavy atom. The molecule has 176 valence electrons. The summed E-state index contributed by atoms with van der Waals surface area (Å²) in [6.45, 7) is 5.52. The van der Waals surface area contributed by atoms with Crippen molar-refractivity contribution in [2.24, 2.45) is 5.41 Å². The maximum absolute atomic E-state index is 12.6. The van der Waals surface area contributed by atoms with Crippen LogP contribution in [-0.2, 0) is 9.59 Å². The van der Waals surface area contributed by atoms with Crippen LogP contribution in [0.3, 0.4) is 0 Å². The minimum atomic E-state index is -0.882. The molecule has 0 radical (unpaired) electrons. The second-order valence-corrected chi connectivity index (χ2v) is 8.83. The zero-order chi connectivity index (χ0) is 24.6. The van der Waals surface area contributed by atoms with E-state index in [1.807, 2.05) is 29.7 Å². The number of fused-ring (bicyclic) bond motifs is 1. The molecule has 34 heavy (non-hydrogen) atoms. The number of hydrogen-bond donors (Lipinski definition) is 1. The van der Waals surface area contributed by atoms with E-state index in [0.717, 1.165) is 11.3 Å². The van der Waals surface area contributed by atoms with Crippen molar-refractivity contribution < 1.29 is 14.0 Å². The lowest BCUT2D eigenvalue weighted by Crippen LogP contribution is -2.44. The first-order valence-corrected chi connectivity index (χ1v) is 10.6. The van der Waals surface area contributed by atoms with Crippen LogP contribution >= 0.6 is 0 Å². The van der Waals surface area contributed by atoms with E-state index in [4.69, 9.17) is 15.1 Å². The van der Waals surface area contributed by atoms with Crippen LogP contribution in [0, 0.1) is 12.3 Å². The highest BCUT2D eigenvalue weighted by Gasteiger charge is 2.33. The van der Waals surface area contributed by atoms with Crippen molar-refractivity contribution in [1.82, 2.24) is 29.2 Å². The first-order valence-electron chi connectivity index (χ1n) is 10.6. The Kier molecular flexibility index (Phi) is 5.78. The van der Waals surface area contributed by atoms with E-state index < -0.39 is 5.41 Å². The van der Waals surface area contributed by atoms with Crippen LogP contribution in [0.4, 0.5) is 11.6 Å². The van der Waals surface area contributed by atoms with Crippen molar-refractivity contribution in [3.8, 4) is 22.8 Å². The number of aromatic nitrogens is 5. The van der Waals surface area contributed by atoms with Gasteiger partial charge in [0.05, 0.1) is 11.6 Å². The quantitative estimate of drug-likeness (QED) is 0.414. The van der Waals surface area contributed by atoms with Gasteiger partial charge in [-0.05, 0) is 32.9 Å². The molecule has 4 aromatic rings. The molecule has 11 heteroatoms. The maximum Gasteiger partial charge on any atom is 0.247 e. The number of carbonyl (C=O) groups is 2. The molecule has 4 heterocycles. The number of imidazole rings is 1. The Labute approximate surface area is 196 Å². The van der Waals surface area contributed by atoms with E-state index in [1.165, 1.54) is 22.3 Å². The monoisotopic (exact) mass is 462 g/mol. The maximum atomic E-state index is 12.6. The molecule has 0 saturated heterocycles. The van der Waals surface area contributed by atoms with Gasteiger partial charge in [0.15, 0.2) is 17.3 Å². The van der Waals surface area contributed by atoms with Gasteiger partial charge in [-0.25, -0.2) is 19.9 Å². The Hall–Kier alpha value is -4.28. The van der Waals surface area contributed by atoms with E-state index in [0.29, 0.717) is 23.4 Å². The second kappa shape index (κ2) is 8.58. The number of nitrogens with two attached hydrogens (primary N) is 1. The molecule has 0 aliphatic carbocycles. The first kappa shape index (κ1) is 22.9. The summed E-state index contributed by atoms with van der Waals surface area (Å²) in [6, 6.07) is 3.71. The van der Waals surface area contributed by atoms with E-state index >= 15 is 0 Å². The van der Waals surface area contributed by atoms with Crippen LogP contribution in [-0.4, -0.2) is 62.2 Å². The molecule has 11 nitrogen and oxygen atoms in total. The number of nitrogens with zero attached hydrogens (tertiary/aromatic N) is 7. The summed E-state index contributed by atoms with van der Waals surface area (Å²) in [5, 5.41) is 0. The number of rotatable bonds is 7. The van der Waals surface area contributed by atoms with Gasteiger partial charge < -0.3 is 19.5 Å². The molecule has 2 amide bonds. The molecule has 0 aliphatic heterocycles. The van der Waals surface area contributed by atoms with Gasteiger partial charge in [-0.15, -0.1) is 0 Å². The summed E-state index contributed by atoms with van der Waals surface area (Å²) in [6.07, 6.45) is 7.18. The number of anilines is 2. The van der Waals surface area contributed by atoms with Crippen LogP contribution in [0.1, 0.15) is 19.5 Å². The Bertz CT molecular complexity index is 1360. The average molecular weight is 463 g/mol. The van der Waals surface area contributed by atoms with Crippen LogP contribution in [0.2, 0.25) is 0 Å². The average Bonchev–Trinajstić information content (AvgIpc) is 3.47. The Morgan fingerprint density at radius 2 is 1.97 bits per heavy atom. The van der Waals surface area contributed by atoms with Crippen molar-refractivity contribution in [2.45, 2.75) is 20.8 Å². The SMILES string of the molecule is Cc1cnc2ccc(-c3nc(N(C=O)CC(C)(C)C(=O)N(C)C)c(N)nc3-c3ncco3)cn12. The predicted octanol–water partition coefficient (Wildman–Crippen LogP) is 2.41. The smallest absolute Gasteiger partial charge is 0.247 e. The van der Waals surface area contributed by atoms with Crippen molar-refractivity contribution >= 4 is 29.6 Å². The summed E-state index contributed by atoms with van der Waals surface area (Å²) in [4.78, 5) is 45.3. The molecule has 0 aliphatic rings. The number of nitrogen functional groups attached to an aromatic ring is 1. The molecule has 0 spiro atoms. The third kappa shape index (κ3) is 4.07. The van der Waals surface area contributed by atoms with Gasteiger partial charge >= 0.3 is 0 Å². The summed E-state index contributed by atoms with van der Waals surface area (Å²) in [5.41, 5.74) is 8.54. The van der Waals surface area contributed by atoms with Crippen LogP contribution in [0.5, 0.6) is 0 Å². The Morgan fingerprint density at radius 3 is 2.62 bits per heavy atom. The molecule has 0 aromatic carbocycles. The zero-order valence-corrected chi connectivity index (χ0v) is 19.7. The number of carbonyl (C=O) groups excluding carboxylic acids is 2. The summed E-state index contributed by atoms with van der Waals surface area (Å²) in [7, 11) is 3.34. The van der Waals surface area contributed by atoms with Crippen molar-refractivity contribution in [2.75, 3.05) is 31.3 Å². The Balaban J connectivity index is 1.87. The highest BCUT2D eigenvalue weighted by molar-refractivity contribution is 5.87. The van der Waals surface area contributed by atoms with E-state index in [9.17, 15) is 9.59 Å². The molecule has 4 rings (SSSR count). The number of pyridine rings is 1. The molecule has 2 N–H and O–H groups in total. The molecular formula is C23H26N8O3. The van der Waals surface area contributed by atoms with Gasteiger partial charge in [0.1, 0.15) is 17.6 Å². The molecule has 0 unspecified atom stereocenters. The topological polar surface area (TPSA) is 136 Å². The molecule has 0 saturated carbocycles. The second-order valence-electron chi connectivity index (χ2n) is 8.83. The molecule has 0 atom stereocenters. The minimum absolute atomic E-state index is 0.0111. The minimum Gasteiger partial charge on any atom is -0.443 e. The van der Waals surface area contributed by atoms with Gasteiger partial charge in [0.2, 0.25) is 18.2 Å². The van der Waals surface area contributed by atoms with Gasteiger partial charge in [-0.2, -0.15) is 0 Å². The molecule has 0 fully saturated rings. The fourth-order valence-corrected chi connectivity index (χ4v) is 3.84. The van der Waals surface area contributed by atoms with Crippen molar-refractivity contribution in [1.29, 1.82) is 0 Å². The summed E-state index contributed by atoms with van der Waals surface area (Å²) in [5.74, 6) is 0.256. The van der Waals surface area contributed by atoms with Gasteiger partial charge in [-0.1, -0.05) is 0 Å². The number of hydrogen-bond acceptors (Lipinski definition) is 8. The fraction of sp³-hybridized carbons (Fsp3) is 0.304. The summed E-state index contributed by atoms with van der Waals surface area (Å²) < 4.78 is 7.40. The third-order valence-electron chi connectivity index (χ3n) is 5.45. The number of aryl methyl sites for hydroxylation is 1. The van der Waals surface area contributed by atoms with E-state index in [1.54, 1.807) is 34.1 Å². The lowest BCUT2D eigenvalue weighted by atomic mass is 9.91. The third-order valence-corrected chi connectivity index (χ3v) is 5.45.